The van der Waals surface area contributed by atoms with E-state index in [1.54, 1.807) is 0 Å². The molecule has 2 aromatic heterocycles. The van der Waals surface area contributed by atoms with Gasteiger partial charge in [-0.25, -0.2) is 4.98 Å². The third kappa shape index (κ3) is 1.95. The van der Waals surface area contributed by atoms with E-state index in [1.165, 1.54) is 19.8 Å². The van der Waals surface area contributed by atoms with Crippen molar-refractivity contribution in [3.8, 4) is 0 Å². The van der Waals surface area contributed by atoms with Crippen molar-refractivity contribution in [2.24, 2.45) is 0 Å². The summed E-state index contributed by atoms with van der Waals surface area (Å²) in [5, 5.41) is 3.79. The second-order valence-corrected chi connectivity index (χ2v) is 5.24. The summed E-state index contributed by atoms with van der Waals surface area (Å²) in [6, 6.07) is 2.52. The van der Waals surface area contributed by atoms with Gasteiger partial charge in [-0.2, -0.15) is 0 Å². The third-order valence-electron chi connectivity index (χ3n) is 2.92. The van der Waals surface area contributed by atoms with Crippen LogP contribution in [0.2, 0.25) is 0 Å². The number of hydrogen-bond donors (Lipinski definition) is 1. The normalized spacial score (nSPS) is 15.2. The molecule has 88 valence electrons. The molecule has 0 spiro atoms. The van der Waals surface area contributed by atoms with Crippen LogP contribution in [0.1, 0.15) is 25.8 Å². The number of anilines is 1. The fourth-order valence-corrected chi connectivity index (χ4v) is 2.55. The molecule has 3 rings (SSSR count). The Labute approximate surface area is 107 Å². The number of pyridine rings is 1. The molecule has 1 aliphatic rings. The Bertz CT molecular complexity index is 601. The van der Waals surface area contributed by atoms with Crippen molar-refractivity contribution < 1.29 is 4.79 Å². The summed E-state index contributed by atoms with van der Waals surface area (Å²) in [6.45, 7) is 1.48. The summed E-state index contributed by atoms with van der Waals surface area (Å²) in [4.78, 5) is 15.2. The van der Waals surface area contributed by atoms with Crippen LogP contribution >= 0.6 is 15.9 Å². The highest BCUT2D eigenvalue weighted by molar-refractivity contribution is 9.10. The van der Waals surface area contributed by atoms with Crippen LogP contribution in [0.5, 0.6) is 0 Å². The first-order valence-corrected chi connectivity index (χ1v) is 6.38. The second kappa shape index (κ2) is 3.84. The van der Waals surface area contributed by atoms with Gasteiger partial charge in [0.15, 0.2) is 0 Å². The van der Waals surface area contributed by atoms with Crippen molar-refractivity contribution in [1.29, 1.82) is 0 Å². The third-order valence-corrected chi connectivity index (χ3v) is 3.55. The van der Waals surface area contributed by atoms with Gasteiger partial charge in [-0.15, -0.1) is 0 Å². The summed E-state index contributed by atoms with van der Waals surface area (Å²) < 4.78 is 3.30. The Morgan fingerprint density at radius 2 is 2.35 bits per heavy atom. The Morgan fingerprint density at radius 3 is 3.00 bits per heavy atom. The molecular weight excluding hydrogens is 282 g/mol. The van der Waals surface area contributed by atoms with Crippen molar-refractivity contribution in [2.45, 2.75) is 25.8 Å². The lowest BCUT2D eigenvalue weighted by atomic mass is 10.3. The van der Waals surface area contributed by atoms with Crippen LogP contribution < -0.4 is 5.32 Å². The fraction of sp³-hybridized carbons (Fsp3) is 0.333. The minimum atomic E-state index is -0.102. The Balaban J connectivity index is 2.09. The molecule has 0 radical (unpaired) electrons. The Hall–Kier alpha value is -1.36. The van der Waals surface area contributed by atoms with E-state index in [-0.39, 0.29) is 5.91 Å². The molecule has 1 saturated carbocycles. The number of hydrogen-bond acceptors (Lipinski definition) is 2. The first-order chi connectivity index (χ1) is 8.15. The van der Waals surface area contributed by atoms with Crippen LogP contribution in [0.4, 0.5) is 5.82 Å². The van der Waals surface area contributed by atoms with E-state index >= 15 is 0 Å². The minimum Gasteiger partial charge on any atom is -0.342 e. The maximum Gasteiger partial charge on any atom is 0.222 e. The van der Waals surface area contributed by atoms with Gasteiger partial charge in [-0.3, -0.25) is 4.79 Å². The van der Waals surface area contributed by atoms with Crippen LogP contribution in [-0.2, 0) is 4.79 Å². The number of aromatic nitrogens is 2. The van der Waals surface area contributed by atoms with E-state index in [0.717, 1.165) is 15.4 Å². The summed E-state index contributed by atoms with van der Waals surface area (Å²) in [6.07, 6.45) is 6.40. The van der Waals surface area contributed by atoms with E-state index in [1.807, 2.05) is 12.3 Å². The van der Waals surface area contributed by atoms with Gasteiger partial charge in [0, 0.05) is 29.0 Å². The monoisotopic (exact) mass is 293 g/mol. The Kier molecular flexibility index (Phi) is 2.43. The zero-order valence-electron chi connectivity index (χ0n) is 9.40. The van der Waals surface area contributed by atoms with Crippen LogP contribution in [-0.4, -0.2) is 15.5 Å². The average molecular weight is 294 g/mol. The smallest absolute Gasteiger partial charge is 0.222 e. The molecule has 17 heavy (non-hydrogen) atoms. The molecule has 0 unspecified atom stereocenters. The van der Waals surface area contributed by atoms with Gasteiger partial charge in [-0.1, -0.05) is 0 Å². The van der Waals surface area contributed by atoms with E-state index in [0.29, 0.717) is 11.9 Å². The number of amides is 1. The van der Waals surface area contributed by atoms with Crippen LogP contribution in [0.25, 0.3) is 10.9 Å². The lowest BCUT2D eigenvalue weighted by Crippen LogP contribution is -2.07. The molecule has 1 amide bonds. The zero-order valence-corrected chi connectivity index (χ0v) is 11.0. The number of nitrogens with one attached hydrogen (secondary N) is 1. The number of nitrogens with zero attached hydrogens (tertiary/aromatic N) is 2. The molecule has 1 N–H and O–H groups in total. The molecule has 0 atom stereocenters. The van der Waals surface area contributed by atoms with Crippen molar-refractivity contribution in [3.05, 3.63) is 22.9 Å². The maximum absolute atomic E-state index is 11.0. The van der Waals surface area contributed by atoms with Crippen LogP contribution in [0.15, 0.2) is 22.9 Å². The molecule has 0 aliphatic heterocycles. The largest absolute Gasteiger partial charge is 0.342 e. The first-order valence-electron chi connectivity index (χ1n) is 5.59. The predicted octanol–water partition coefficient (Wildman–Crippen LogP) is 3.09. The lowest BCUT2D eigenvalue weighted by Gasteiger charge is -2.03. The zero-order chi connectivity index (χ0) is 12.0. The molecule has 1 aliphatic carbocycles. The quantitative estimate of drug-likeness (QED) is 0.925. The fourth-order valence-electron chi connectivity index (χ4n) is 2.01. The summed E-state index contributed by atoms with van der Waals surface area (Å²) in [7, 11) is 0. The van der Waals surface area contributed by atoms with Gasteiger partial charge < -0.3 is 9.88 Å². The van der Waals surface area contributed by atoms with Gasteiger partial charge in [0.1, 0.15) is 5.82 Å². The van der Waals surface area contributed by atoms with E-state index in [4.69, 9.17) is 0 Å². The minimum absolute atomic E-state index is 0.102. The number of carbonyl (C=O) groups is 1. The SMILES string of the molecule is CC(=O)Nc1cc2c(Br)cn(C3CC3)c2cn1. The molecular formula is C12H12BrN3O. The topological polar surface area (TPSA) is 46.9 Å². The highest BCUT2D eigenvalue weighted by Gasteiger charge is 2.25. The number of fused-ring (bicyclic) bond motifs is 1. The van der Waals surface area contributed by atoms with Crippen molar-refractivity contribution >= 4 is 38.6 Å². The molecule has 0 bridgehead atoms. The van der Waals surface area contributed by atoms with Gasteiger partial charge in [0.2, 0.25) is 5.91 Å². The predicted molar refractivity (Wildman–Crippen MR) is 70.0 cm³/mol. The van der Waals surface area contributed by atoms with Crippen LogP contribution in [0, 0.1) is 0 Å². The molecule has 0 aromatic carbocycles. The van der Waals surface area contributed by atoms with Crippen molar-refractivity contribution in [3.63, 3.8) is 0 Å². The molecule has 2 heterocycles. The van der Waals surface area contributed by atoms with Gasteiger partial charge in [0.25, 0.3) is 0 Å². The second-order valence-electron chi connectivity index (χ2n) is 4.38. The van der Waals surface area contributed by atoms with Gasteiger partial charge in [0.05, 0.1) is 11.7 Å². The highest BCUT2D eigenvalue weighted by atomic mass is 79.9. The molecule has 0 saturated heterocycles. The lowest BCUT2D eigenvalue weighted by molar-refractivity contribution is -0.114. The van der Waals surface area contributed by atoms with Crippen molar-refractivity contribution in [1.82, 2.24) is 9.55 Å². The standard InChI is InChI=1S/C12H12BrN3O/c1-7(17)15-12-4-9-10(13)6-16(8-2-3-8)11(9)5-14-12/h4-6,8H,2-3H2,1H3,(H,14,15,17). The molecule has 1 fully saturated rings. The summed E-state index contributed by atoms with van der Waals surface area (Å²) >= 11 is 3.55. The number of halogens is 1. The molecule has 2 aromatic rings. The van der Waals surface area contributed by atoms with E-state index in [9.17, 15) is 4.79 Å². The maximum atomic E-state index is 11.0. The molecule has 5 heteroatoms. The van der Waals surface area contributed by atoms with Gasteiger partial charge in [-0.05, 0) is 34.8 Å². The molecule has 4 nitrogen and oxygen atoms in total. The van der Waals surface area contributed by atoms with Crippen molar-refractivity contribution in [2.75, 3.05) is 5.32 Å². The summed E-state index contributed by atoms with van der Waals surface area (Å²) in [5.74, 6) is 0.494. The Morgan fingerprint density at radius 1 is 1.59 bits per heavy atom. The highest BCUT2D eigenvalue weighted by Crippen LogP contribution is 2.40. The first kappa shape index (κ1) is 10.8. The van der Waals surface area contributed by atoms with E-state index < -0.39 is 0 Å². The van der Waals surface area contributed by atoms with Crippen LogP contribution in [0.3, 0.4) is 0 Å². The number of carbonyl (C=O) groups excluding carboxylic acids is 1. The number of rotatable bonds is 2. The summed E-state index contributed by atoms with van der Waals surface area (Å²) in [5.41, 5.74) is 1.12. The van der Waals surface area contributed by atoms with E-state index in [2.05, 4.69) is 37.0 Å². The average Bonchev–Trinajstić information content (AvgIpc) is 3.05. The van der Waals surface area contributed by atoms with Gasteiger partial charge >= 0.3 is 0 Å².